The van der Waals surface area contributed by atoms with E-state index in [9.17, 15) is 8.42 Å². The zero-order chi connectivity index (χ0) is 5.21. The van der Waals surface area contributed by atoms with Crippen molar-refractivity contribution >= 4 is 15.7 Å². The van der Waals surface area contributed by atoms with E-state index in [0.717, 1.165) is 0 Å². The Balaban J connectivity index is -0.000000125. The molecule has 0 aromatic rings. The van der Waals surface area contributed by atoms with E-state index in [1.807, 2.05) is 0 Å². The fraction of sp³-hybridized carbons (Fsp3) is 0. The molecule has 38 valence electrons. The van der Waals surface area contributed by atoms with Crippen LogP contribution in [0.5, 0.6) is 0 Å². The molecular formula is CH3NaO4S. The van der Waals surface area contributed by atoms with Gasteiger partial charge in [-0.1, -0.05) is 0 Å². The Bertz CT molecular complexity index is 127. The maximum absolute atomic E-state index is 9.19. The first-order valence-electron chi connectivity index (χ1n) is 0.987. The Morgan fingerprint density at radius 3 is 1.71 bits per heavy atom. The number of hydrogen-bond donors (Lipinski definition) is 1. The summed E-state index contributed by atoms with van der Waals surface area (Å²) in [5.74, 6) is 0. The third-order valence-electron chi connectivity index (χ3n) is 0.122. The van der Waals surface area contributed by atoms with E-state index in [2.05, 4.69) is 0 Å². The van der Waals surface area contributed by atoms with E-state index in [1.54, 1.807) is 0 Å². The van der Waals surface area contributed by atoms with Gasteiger partial charge in [0.25, 0.3) is 5.62 Å². The Labute approximate surface area is 64.4 Å². The maximum atomic E-state index is 9.19. The third-order valence-corrected chi connectivity index (χ3v) is 0.365. The first kappa shape index (κ1) is 10.5. The molecule has 0 unspecified atom stereocenters. The molecule has 7 heavy (non-hydrogen) atoms. The van der Waals surface area contributed by atoms with Gasteiger partial charge in [-0.05, 0) is 0 Å². The maximum Gasteiger partial charge on any atom is 1.00 e. The summed E-state index contributed by atoms with van der Waals surface area (Å²) in [6, 6.07) is 0. The number of carbonyl (C=O) groups excluding carboxylic acids is 1. The van der Waals surface area contributed by atoms with Gasteiger partial charge in [-0.3, -0.25) is 9.35 Å². The van der Waals surface area contributed by atoms with Crippen LogP contribution in [0.2, 0.25) is 0 Å². The summed E-state index contributed by atoms with van der Waals surface area (Å²) in [7, 11) is -4.34. The van der Waals surface area contributed by atoms with Gasteiger partial charge in [0.2, 0.25) is 0 Å². The van der Waals surface area contributed by atoms with Crippen LogP contribution < -0.4 is 29.6 Å². The molecule has 0 heterocycles. The molecule has 0 saturated carbocycles. The van der Waals surface area contributed by atoms with Crippen molar-refractivity contribution in [1.82, 2.24) is 0 Å². The average Bonchev–Trinajstić information content (AvgIpc) is 1.35. The predicted molar refractivity (Wildman–Crippen MR) is 19.4 cm³/mol. The molecule has 0 aliphatic carbocycles. The minimum atomic E-state index is -4.34. The van der Waals surface area contributed by atoms with Crippen LogP contribution in [0.25, 0.3) is 0 Å². The van der Waals surface area contributed by atoms with E-state index in [0.29, 0.717) is 0 Å². The van der Waals surface area contributed by atoms with Gasteiger partial charge in [0.1, 0.15) is 0 Å². The van der Waals surface area contributed by atoms with Crippen molar-refractivity contribution in [2.45, 2.75) is 0 Å². The van der Waals surface area contributed by atoms with Crippen LogP contribution in [0.4, 0.5) is 0 Å². The summed E-state index contributed by atoms with van der Waals surface area (Å²) in [6.07, 6.45) is 0. The largest absolute Gasteiger partial charge is 1.00 e. The SMILES string of the molecule is O=CS(=O)(=O)O.[H-].[Na+]. The van der Waals surface area contributed by atoms with Crippen LogP contribution >= 0.6 is 0 Å². The van der Waals surface area contributed by atoms with Crippen LogP contribution in [0, 0.1) is 0 Å². The number of rotatable bonds is 1. The van der Waals surface area contributed by atoms with Gasteiger partial charge in [0.05, 0.1) is 0 Å². The van der Waals surface area contributed by atoms with Gasteiger partial charge >= 0.3 is 39.7 Å². The number of hydrogen-bond acceptors (Lipinski definition) is 3. The monoisotopic (exact) mass is 134 g/mol. The van der Waals surface area contributed by atoms with Gasteiger partial charge in [-0.25, -0.2) is 0 Å². The van der Waals surface area contributed by atoms with Crippen molar-refractivity contribution in [2.24, 2.45) is 0 Å². The molecule has 6 heteroatoms. The second kappa shape index (κ2) is 3.57. The second-order valence-corrected chi connectivity index (χ2v) is 1.83. The first-order valence-corrected chi connectivity index (χ1v) is 2.49. The second-order valence-electron chi connectivity index (χ2n) is 0.611. The standard InChI is InChI=1S/CH2O4S.Na.H/c2-1-6(3,4)5;;/h1H,(H,3,4,5);;/q;+1;-1. The molecule has 0 radical (unpaired) electrons. The van der Waals surface area contributed by atoms with E-state index >= 15 is 0 Å². The molecule has 0 aromatic carbocycles. The average molecular weight is 134 g/mol. The van der Waals surface area contributed by atoms with E-state index < -0.39 is 15.7 Å². The van der Waals surface area contributed by atoms with Gasteiger partial charge in [-0.2, -0.15) is 8.42 Å². The first-order chi connectivity index (χ1) is 2.56. The molecule has 0 atom stereocenters. The summed E-state index contributed by atoms with van der Waals surface area (Å²) in [4.78, 5) is 8.99. The van der Waals surface area contributed by atoms with Crippen LogP contribution in [0.3, 0.4) is 0 Å². The fourth-order valence-electron chi connectivity index (χ4n) is 0. The molecule has 0 amide bonds. The summed E-state index contributed by atoms with van der Waals surface area (Å²) in [6.45, 7) is 0. The quantitative estimate of drug-likeness (QED) is 0.226. The zero-order valence-electron chi connectivity index (χ0n) is 4.66. The minimum Gasteiger partial charge on any atom is -1.00 e. The van der Waals surface area contributed by atoms with Crippen LogP contribution in [-0.4, -0.2) is 18.6 Å². The Morgan fingerprint density at radius 1 is 1.57 bits per heavy atom. The molecule has 0 aliphatic heterocycles. The molecule has 0 bridgehead atoms. The molecule has 1 N–H and O–H groups in total. The van der Waals surface area contributed by atoms with Crippen molar-refractivity contribution in [1.29, 1.82) is 0 Å². The van der Waals surface area contributed by atoms with Gasteiger partial charge in [-0.15, -0.1) is 0 Å². The molecule has 0 spiro atoms. The zero-order valence-corrected chi connectivity index (χ0v) is 6.47. The number of carbonyl (C=O) groups is 1. The van der Waals surface area contributed by atoms with Crippen LogP contribution in [-0.2, 0) is 14.9 Å². The van der Waals surface area contributed by atoms with Crippen molar-refractivity contribution in [3.8, 4) is 0 Å². The van der Waals surface area contributed by atoms with Crippen LogP contribution in [0.15, 0.2) is 0 Å². The summed E-state index contributed by atoms with van der Waals surface area (Å²) in [5, 5.41) is 0. The van der Waals surface area contributed by atoms with E-state index in [1.165, 1.54) is 0 Å². The fourth-order valence-corrected chi connectivity index (χ4v) is 0. The summed E-state index contributed by atoms with van der Waals surface area (Å²) < 4.78 is 25.8. The predicted octanol–water partition coefficient (Wildman–Crippen LogP) is -3.82. The van der Waals surface area contributed by atoms with Gasteiger partial charge in [0, 0.05) is 0 Å². The molecule has 0 aliphatic rings. The minimum absolute atomic E-state index is 0. The van der Waals surface area contributed by atoms with Crippen molar-refractivity contribution in [2.75, 3.05) is 0 Å². The van der Waals surface area contributed by atoms with E-state index in [4.69, 9.17) is 9.35 Å². The van der Waals surface area contributed by atoms with Gasteiger partial charge in [0.15, 0.2) is 0 Å². The molecule has 0 aromatic heterocycles. The Kier molecular flexibility index (Phi) is 5.37. The Morgan fingerprint density at radius 2 is 1.71 bits per heavy atom. The topological polar surface area (TPSA) is 71.4 Å². The molecule has 4 nitrogen and oxygen atoms in total. The summed E-state index contributed by atoms with van der Waals surface area (Å²) in [5.41, 5.74) is -0.535. The normalized spacial score (nSPS) is 9.29. The summed E-state index contributed by atoms with van der Waals surface area (Å²) >= 11 is 0. The third kappa shape index (κ3) is 10.8. The van der Waals surface area contributed by atoms with Crippen molar-refractivity contribution in [3.05, 3.63) is 0 Å². The van der Waals surface area contributed by atoms with E-state index in [-0.39, 0.29) is 31.0 Å². The smallest absolute Gasteiger partial charge is 1.00 e. The molecule has 0 saturated heterocycles. The molecular weight excluding hydrogens is 131 g/mol. The van der Waals surface area contributed by atoms with Crippen LogP contribution in [0.1, 0.15) is 1.43 Å². The van der Waals surface area contributed by atoms with Crippen molar-refractivity contribution < 1.29 is 48.7 Å². The Hall–Kier alpha value is 0.580. The molecule has 0 rings (SSSR count). The molecule has 0 fully saturated rings. The van der Waals surface area contributed by atoms with Gasteiger partial charge < -0.3 is 1.43 Å². The van der Waals surface area contributed by atoms with Crippen molar-refractivity contribution in [3.63, 3.8) is 0 Å².